The maximum atomic E-state index is 13.0. The van der Waals surface area contributed by atoms with E-state index in [-0.39, 0.29) is 12.2 Å². The van der Waals surface area contributed by atoms with Crippen LogP contribution in [0.2, 0.25) is 0 Å². The molecule has 3 amide bonds. The monoisotopic (exact) mass is 324 g/mol. The van der Waals surface area contributed by atoms with E-state index in [4.69, 9.17) is 5.26 Å². The molecule has 0 spiro atoms. The number of carbonyl (C=O) groups excluding carboxylic acids is 2. The first-order valence-electron chi connectivity index (χ1n) is 6.68. The molecule has 1 aliphatic rings. The fourth-order valence-electron chi connectivity index (χ4n) is 2.49. The molecule has 8 heteroatoms. The van der Waals surface area contributed by atoms with E-state index in [0.29, 0.717) is 11.0 Å². The number of amides is 3. The summed E-state index contributed by atoms with van der Waals surface area (Å²) < 4.78 is 39.1. The maximum absolute atomic E-state index is 13.0. The first kappa shape index (κ1) is 16.8. The fourth-order valence-corrected chi connectivity index (χ4v) is 2.49. The van der Waals surface area contributed by atoms with Crippen molar-refractivity contribution in [2.24, 2.45) is 0 Å². The number of anilines is 1. The Labute approximate surface area is 130 Å². The van der Waals surface area contributed by atoms with E-state index in [1.165, 1.54) is 17.9 Å². The molecule has 1 saturated heterocycles. The highest BCUT2D eigenvalue weighted by atomic mass is 19.4. The molecule has 1 unspecified atom stereocenters. The number of likely N-dealkylation sites (N-methyl/N-ethyl adjacent to an activating group) is 1. The SMILES string of the molecule is [CH2]C1(C)C(=O)N(c2ccc(C#N)c(C(F)(F)F)c2)C(=O)N1CC. The molecular formula is C15H13F3N3O2. The Morgan fingerprint density at radius 2 is 1.96 bits per heavy atom. The van der Waals surface area contributed by atoms with E-state index in [1.807, 2.05) is 0 Å². The summed E-state index contributed by atoms with van der Waals surface area (Å²) in [6.07, 6.45) is -4.77. The number of imide groups is 1. The van der Waals surface area contributed by atoms with Gasteiger partial charge >= 0.3 is 12.2 Å². The molecule has 1 fully saturated rings. The summed E-state index contributed by atoms with van der Waals surface area (Å²) in [5.74, 6) is -0.720. The van der Waals surface area contributed by atoms with Gasteiger partial charge in [-0.3, -0.25) is 4.79 Å². The van der Waals surface area contributed by atoms with E-state index in [9.17, 15) is 22.8 Å². The lowest BCUT2D eigenvalue weighted by atomic mass is 10.0. The van der Waals surface area contributed by atoms with E-state index in [1.54, 1.807) is 6.92 Å². The molecule has 5 nitrogen and oxygen atoms in total. The van der Waals surface area contributed by atoms with Crippen LogP contribution in [0, 0.1) is 18.3 Å². The number of rotatable bonds is 2. The number of carbonyl (C=O) groups is 2. The second-order valence-corrected chi connectivity index (χ2v) is 5.28. The van der Waals surface area contributed by atoms with Crippen molar-refractivity contribution >= 4 is 17.6 Å². The van der Waals surface area contributed by atoms with E-state index < -0.39 is 34.8 Å². The normalized spacial score (nSPS) is 17.6. The zero-order valence-electron chi connectivity index (χ0n) is 12.4. The highest BCUT2D eigenvalue weighted by Gasteiger charge is 2.51. The number of halogens is 3. The zero-order valence-corrected chi connectivity index (χ0v) is 12.4. The molecule has 2 rings (SSSR count). The summed E-state index contributed by atoms with van der Waals surface area (Å²) >= 11 is 0. The Hall–Kier alpha value is -2.56. The zero-order chi connectivity index (χ0) is 17.6. The van der Waals surface area contributed by atoms with Gasteiger partial charge in [-0.25, -0.2) is 9.69 Å². The van der Waals surface area contributed by atoms with E-state index in [0.717, 1.165) is 12.1 Å². The number of nitrogens with zero attached hydrogens (tertiary/aromatic N) is 3. The molecule has 1 aromatic carbocycles. The standard InChI is InChI=1S/C15H13F3N3O2/c1-4-20-13(23)21(12(22)14(20,2)3)10-6-5-9(8-19)11(7-10)15(16,17)18/h5-7H,2,4H2,1,3H3. The van der Waals surface area contributed by atoms with Gasteiger partial charge in [0.1, 0.15) is 5.54 Å². The lowest BCUT2D eigenvalue weighted by Crippen LogP contribution is -2.44. The summed E-state index contributed by atoms with van der Waals surface area (Å²) in [5, 5.41) is 8.79. The minimum atomic E-state index is -4.77. The van der Waals surface area contributed by atoms with Crippen molar-refractivity contribution in [3.63, 3.8) is 0 Å². The molecule has 0 bridgehead atoms. The molecule has 1 aromatic rings. The third-order valence-electron chi connectivity index (χ3n) is 3.69. The average Bonchev–Trinajstić information content (AvgIpc) is 2.63. The minimum Gasteiger partial charge on any atom is -0.310 e. The van der Waals surface area contributed by atoms with E-state index in [2.05, 4.69) is 6.92 Å². The maximum Gasteiger partial charge on any atom is 0.417 e. The summed E-state index contributed by atoms with van der Waals surface area (Å²) in [5.41, 5.74) is -3.40. The second-order valence-electron chi connectivity index (χ2n) is 5.28. The molecule has 1 atom stereocenters. The van der Waals surface area contributed by atoms with Crippen LogP contribution in [0.4, 0.5) is 23.7 Å². The van der Waals surface area contributed by atoms with Crippen molar-refractivity contribution < 1.29 is 22.8 Å². The van der Waals surface area contributed by atoms with Crippen LogP contribution in [-0.2, 0) is 11.0 Å². The number of nitriles is 1. The summed E-state index contributed by atoms with van der Waals surface area (Å²) in [6.45, 7) is 6.92. The van der Waals surface area contributed by atoms with Gasteiger partial charge in [0.15, 0.2) is 0 Å². The summed E-state index contributed by atoms with van der Waals surface area (Å²) in [7, 11) is 0. The predicted octanol–water partition coefficient (Wildman–Crippen LogP) is 2.96. The lowest BCUT2D eigenvalue weighted by molar-refractivity contribution is -0.137. The topological polar surface area (TPSA) is 64.4 Å². The first-order valence-corrected chi connectivity index (χ1v) is 6.68. The van der Waals surface area contributed by atoms with Crippen molar-refractivity contribution in [1.29, 1.82) is 5.26 Å². The van der Waals surface area contributed by atoms with Crippen LogP contribution in [-0.4, -0.2) is 28.9 Å². The summed E-state index contributed by atoms with van der Waals surface area (Å²) in [6, 6.07) is 3.41. The summed E-state index contributed by atoms with van der Waals surface area (Å²) in [4.78, 5) is 26.5. The predicted molar refractivity (Wildman–Crippen MR) is 75.2 cm³/mol. The average molecular weight is 324 g/mol. The largest absolute Gasteiger partial charge is 0.417 e. The Bertz CT molecular complexity index is 720. The Kier molecular flexibility index (Phi) is 3.85. The van der Waals surface area contributed by atoms with Gasteiger partial charge in [-0.05, 0) is 39.0 Å². The third kappa shape index (κ3) is 2.52. The number of urea groups is 1. The minimum absolute atomic E-state index is 0.184. The lowest BCUT2D eigenvalue weighted by Gasteiger charge is -2.25. The molecule has 0 aliphatic carbocycles. The number of alkyl halides is 3. The molecule has 121 valence electrons. The van der Waals surface area contributed by atoms with Crippen LogP contribution in [0.5, 0.6) is 0 Å². The van der Waals surface area contributed by atoms with Crippen LogP contribution in [0.25, 0.3) is 0 Å². The molecular weight excluding hydrogens is 311 g/mol. The number of benzene rings is 1. The van der Waals surface area contributed by atoms with Gasteiger partial charge in [0, 0.05) is 6.54 Å². The van der Waals surface area contributed by atoms with Gasteiger partial charge in [0.25, 0.3) is 5.91 Å². The van der Waals surface area contributed by atoms with Crippen LogP contribution >= 0.6 is 0 Å². The van der Waals surface area contributed by atoms with Crippen LogP contribution in [0.15, 0.2) is 18.2 Å². The van der Waals surface area contributed by atoms with Gasteiger partial charge in [0.05, 0.1) is 22.9 Å². The molecule has 0 aromatic heterocycles. The first-order chi connectivity index (χ1) is 10.6. The molecule has 0 saturated carbocycles. The second kappa shape index (κ2) is 5.26. The Morgan fingerprint density at radius 1 is 1.35 bits per heavy atom. The molecule has 1 heterocycles. The van der Waals surface area contributed by atoms with E-state index >= 15 is 0 Å². The van der Waals surface area contributed by atoms with Crippen LogP contribution < -0.4 is 4.90 Å². The Balaban J connectivity index is 2.58. The van der Waals surface area contributed by atoms with Gasteiger partial charge in [0.2, 0.25) is 0 Å². The smallest absolute Gasteiger partial charge is 0.310 e. The molecule has 1 aliphatic heterocycles. The highest BCUT2D eigenvalue weighted by Crippen LogP contribution is 2.37. The van der Waals surface area contributed by atoms with Crippen molar-refractivity contribution in [2.45, 2.75) is 25.6 Å². The molecule has 23 heavy (non-hydrogen) atoms. The third-order valence-corrected chi connectivity index (χ3v) is 3.69. The molecule has 1 radical (unpaired) electrons. The number of hydrogen-bond donors (Lipinski definition) is 0. The van der Waals surface area contributed by atoms with Crippen molar-refractivity contribution in [2.75, 3.05) is 11.4 Å². The van der Waals surface area contributed by atoms with Crippen molar-refractivity contribution in [3.05, 3.63) is 36.2 Å². The van der Waals surface area contributed by atoms with Gasteiger partial charge in [-0.2, -0.15) is 18.4 Å². The van der Waals surface area contributed by atoms with Crippen LogP contribution in [0.3, 0.4) is 0 Å². The van der Waals surface area contributed by atoms with Crippen LogP contribution in [0.1, 0.15) is 25.0 Å². The van der Waals surface area contributed by atoms with Crippen molar-refractivity contribution in [1.82, 2.24) is 4.90 Å². The quantitative estimate of drug-likeness (QED) is 0.786. The van der Waals surface area contributed by atoms with Gasteiger partial charge in [-0.15, -0.1) is 0 Å². The van der Waals surface area contributed by atoms with Gasteiger partial charge < -0.3 is 4.90 Å². The fraction of sp³-hybridized carbons (Fsp3) is 0.333. The van der Waals surface area contributed by atoms with Gasteiger partial charge in [-0.1, -0.05) is 0 Å². The highest BCUT2D eigenvalue weighted by molar-refractivity contribution is 6.23. The molecule has 0 N–H and O–H groups in total. The number of hydrogen-bond acceptors (Lipinski definition) is 3. The van der Waals surface area contributed by atoms with Crippen molar-refractivity contribution in [3.8, 4) is 6.07 Å². The Morgan fingerprint density at radius 3 is 2.39 bits per heavy atom.